The van der Waals surface area contributed by atoms with Crippen LogP contribution in [-0.2, 0) is 29.0 Å². The molecule has 8 fully saturated rings. The molecule has 49 heavy (non-hydrogen) atoms. The van der Waals surface area contributed by atoms with Crippen molar-refractivity contribution in [3.05, 3.63) is 0 Å². The van der Waals surface area contributed by atoms with Gasteiger partial charge in [0.1, 0.15) is 0 Å². The van der Waals surface area contributed by atoms with Gasteiger partial charge in [0.2, 0.25) is 10.0 Å². The molecule has 3 heterocycles. The smallest absolute Gasteiger partial charge is 0.209 e. The van der Waals surface area contributed by atoms with Gasteiger partial charge in [-0.3, -0.25) is 4.90 Å². The number of hydrogen-bond acceptors (Lipinski definition) is 10. The van der Waals surface area contributed by atoms with E-state index in [0.717, 1.165) is 71.1 Å². The van der Waals surface area contributed by atoms with Crippen LogP contribution in [-0.4, -0.2) is 117 Å². The summed E-state index contributed by atoms with van der Waals surface area (Å²) >= 11 is 0. The van der Waals surface area contributed by atoms with Crippen molar-refractivity contribution in [2.75, 3.05) is 39.2 Å². The van der Waals surface area contributed by atoms with Crippen molar-refractivity contribution in [1.82, 2.24) is 9.62 Å². The maximum absolute atomic E-state index is 12.5. The van der Waals surface area contributed by atoms with Gasteiger partial charge in [0.15, 0.2) is 6.29 Å². The van der Waals surface area contributed by atoms with Crippen molar-refractivity contribution in [2.45, 2.75) is 147 Å². The maximum atomic E-state index is 12.5. The molecular weight excluding hydrogens is 646 g/mol. The van der Waals surface area contributed by atoms with Crippen LogP contribution in [0.4, 0.5) is 0 Å². The van der Waals surface area contributed by atoms with Crippen LogP contribution in [0, 0.1) is 45.3 Å². The molecule has 3 aliphatic heterocycles. The molecule has 0 bridgehead atoms. The van der Waals surface area contributed by atoms with Crippen molar-refractivity contribution in [3.63, 3.8) is 0 Å². The van der Waals surface area contributed by atoms with Gasteiger partial charge < -0.3 is 34.9 Å². The minimum absolute atomic E-state index is 0.00764. The molecule has 11 nitrogen and oxygen atoms in total. The normalized spacial score (nSPS) is 51.8. The zero-order chi connectivity index (χ0) is 35.2. The van der Waals surface area contributed by atoms with E-state index < -0.39 is 45.5 Å². The molecule has 0 radical (unpaired) electrons. The highest BCUT2D eigenvalue weighted by Crippen LogP contribution is 2.87. The van der Waals surface area contributed by atoms with Gasteiger partial charge in [-0.05, 0) is 111 Å². The molecule has 14 atom stereocenters. The number of nitrogens with two attached hydrogens (primary N) is 1. The van der Waals surface area contributed by atoms with E-state index in [9.17, 15) is 18.6 Å². The molecule has 280 valence electrons. The predicted molar refractivity (Wildman–Crippen MR) is 184 cm³/mol. The Balaban J connectivity index is 1.03. The Bertz CT molecular complexity index is 1420. The number of nitrogens with one attached hydrogen (secondary N) is 1. The van der Waals surface area contributed by atoms with Gasteiger partial charge in [-0.25, -0.2) is 13.1 Å². The first kappa shape index (κ1) is 35.6. The number of sulfonamides is 1. The summed E-state index contributed by atoms with van der Waals surface area (Å²) in [5.74, 6) is 0.908. The van der Waals surface area contributed by atoms with Crippen LogP contribution >= 0.6 is 0 Å². The van der Waals surface area contributed by atoms with E-state index in [1.165, 1.54) is 6.42 Å². The third kappa shape index (κ3) is 5.00. The van der Waals surface area contributed by atoms with Gasteiger partial charge in [0.05, 0.1) is 80.3 Å². The number of rotatable bonds is 7. The zero-order valence-corrected chi connectivity index (χ0v) is 31.6. The van der Waals surface area contributed by atoms with E-state index in [4.69, 9.17) is 24.7 Å². The first-order valence-electron chi connectivity index (χ1n) is 19.2. The van der Waals surface area contributed by atoms with E-state index in [-0.39, 0.29) is 51.8 Å². The molecular formula is C37H63N3O8S. The van der Waals surface area contributed by atoms with Crippen LogP contribution < -0.4 is 10.5 Å². The molecule has 14 unspecified atom stereocenters. The third-order valence-electron chi connectivity index (χ3n) is 16.2. The maximum Gasteiger partial charge on any atom is 0.209 e. The zero-order valence-electron chi connectivity index (χ0n) is 30.8. The van der Waals surface area contributed by atoms with Crippen molar-refractivity contribution in [3.8, 4) is 0 Å². The quantitative estimate of drug-likeness (QED) is 0.311. The molecule has 5 N–H and O–H groups in total. The van der Waals surface area contributed by atoms with Gasteiger partial charge in [-0.15, -0.1) is 0 Å². The summed E-state index contributed by atoms with van der Waals surface area (Å²) in [4.78, 5) is 2.47. The Morgan fingerprint density at radius 3 is 2.41 bits per heavy atom. The lowest BCUT2D eigenvalue weighted by Gasteiger charge is -2.63. The van der Waals surface area contributed by atoms with Gasteiger partial charge >= 0.3 is 0 Å². The van der Waals surface area contributed by atoms with E-state index >= 15 is 0 Å². The average molecular weight is 710 g/mol. The highest BCUT2D eigenvalue weighted by molar-refractivity contribution is 7.88. The lowest BCUT2D eigenvalue weighted by Crippen LogP contribution is -2.70. The predicted octanol–water partition coefficient (Wildman–Crippen LogP) is 2.62. The molecule has 2 spiro atoms. The second-order valence-electron chi connectivity index (χ2n) is 19.3. The van der Waals surface area contributed by atoms with Crippen LogP contribution in [0.5, 0.6) is 0 Å². The SMILES string of the molecule is CC1CC(C(NS(C)(=O)=O)C(C)(C)O)OC2C1C1(C)CCC34CC35CCC(OC3CN(C6COC6)CCO3)C(C)(C)C5CCC4C1(N)C2O. The standard InChI is InChI=1S/C37H63N3O8S/c1-21-16-23(30(33(4,5)42)39-49(7,43)44)47-29-28(21)34(6)12-13-36-20-35(36)11-10-26(48-27-17-40(14-15-46-27)22-18-45-19-22)32(2,3)24(35)8-9-25(36)37(34,38)31(29)41/h21-31,39,41-42H,8-20,38H2,1-7H3. The first-order chi connectivity index (χ1) is 22.8. The third-order valence-corrected chi connectivity index (χ3v) is 16.9. The Morgan fingerprint density at radius 1 is 1.06 bits per heavy atom. The number of aliphatic hydroxyl groups is 2. The molecule has 12 heteroatoms. The average Bonchev–Trinajstić information content (AvgIpc) is 3.60. The molecule has 3 saturated heterocycles. The van der Waals surface area contributed by atoms with Gasteiger partial charge in [0.25, 0.3) is 0 Å². The number of hydrogen-bond donors (Lipinski definition) is 4. The second-order valence-corrected chi connectivity index (χ2v) is 21.1. The van der Waals surface area contributed by atoms with Crippen LogP contribution in [0.1, 0.15) is 92.9 Å². The lowest BCUT2D eigenvalue weighted by molar-refractivity contribution is -0.254. The second kappa shape index (κ2) is 11.3. The monoisotopic (exact) mass is 709 g/mol. The van der Waals surface area contributed by atoms with Crippen molar-refractivity contribution in [1.29, 1.82) is 0 Å². The topological polar surface area (TPSA) is 153 Å². The molecule has 8 aliphatic rings. The molecule has 8 rings (SSSR count). The minimum atomic E-state index is -3.61. The Labute approximate surface area is 293 Å². The first-order valence-corrected chi connectivity index (χ1v) is 21.1. The summed E-state index contributed by atoms with van der Waals surface area (Å²) in [6.45, 7) is 16.7. The fourth-order valence-electron chi connectivity index (χ4n) is 14.0. The van der Waals surface area contributed by atoms with E-state index in [1.54, 1.807) is 13.8 Å². The highest BCUT2D eigenvalue weighted by Gasteiger charge is 2.85. The Hall–Kier alpha value is -0.410. The van der Waals surface area contributed by atoms with Gasteiger partial charge in [-0.2, -0.15) is 0 Å². The van der Waals surface area contributed by atoms with Crippen LogP contribution in [0.3, 0.4) is 0 Å². The minimum Gasteiger partial charge on any atom is -0.389 e. The molecule has 0 aromatic carbocycles. The van der Waals surface area contributed by atoms with Gasteiger partial charge in [0, 0.05) is 6.54 Å². The van der Waals surface area contributed by atoms with Crippen molar-refractivity contribution < 1.29 is 37.6 Å². The number of ether oxygens (including phenoxy) is 4. The Morgan fingerprint density at radius 2 is 1.76 bits per heavy atom. The van der Waals surface area contributed by atoms with Crippen LogP contribution in [0.25, 0.3) is 0 Å². The van der Waals surface area contributed by atoms with E-state index in [1.807, 2.05) is 0 Å². The summed E-state index contributed by atoms with van der Waals surface area (Å²) in [5, 5.41) is 23.6. The summed E-state index contributed by atoms with van der Waals surface area (Å²) in [6, 6.07) is -0.356. The summed E-state index contributed by atoms with van der Waals surface area (Å²) in [7, 11) is -3.61. The Kier molecular flexibility index (Phi) is 8.22. The number of fused-ring (bicyclic) bond motifs is 4. The fraction of sp³-hybridized carbons (Fsp3) is 1.00. The molecule has 0 aromatic rings. The van der Waals surface area contributed by atoms with Crippen LogP contribution in [0.15, 0.2) is 0 Å². The van der Waals surface area contributed by atoms with E-state index in [2.05, 4.69) is 37.3 Å². The fourth-order valence-corrected chi connectivity index (χ4v) is 14.9. The number of nitrogens with zero attached hydrogens (tertiary/aromatic N) is 1. The largest absolute Gasteiger partial charge is 0.389 e. The summed E-state index contributed by atoms with van der Waals surface area (Å²) in [6.07, 6.45) is 7.14. The van der Waals surface area contributed by atoms with Gasteiger partial charge in [-0.1, -0.05) is 27.7 Å². The van der Waals surface area contributed by atoms with Crippen molar-refractivity contribution >= 4 is 10.0 Å². The number of aliphatic hydroxyl groups excluding tert-OH is 1. The van der Waals surface area contributed by atoms with Crippen molar-refractivity contribution in [2.24, 2.45) is 51.1 Å². The van der Waals surface area contributed by atoms with E-state index in [0.29, 0.717) is 25.0 Å². The molecule has 0 aromatic heterocycles. The highest BCUT2D eigenvalue weighted by atomic mass is 32.2. The molecule has 5 aliphatic carbocycles. The molecule has 0 amide bonds. The molecule has 5 saturated carbocycles. The number of morpholine rings is 1. The lowest BCUT2D eigenvalue weighted by atomic mass is 9.43. The van der Waals surface area contributed by atoms with Crippen LogP contribution in [0.2, 0.25) is 0 Å². The summed E-state index contributed by atoms with van der Waals surface area (Å²) < 4.78 is 52.7. The summed E-state index contributed by atoms with van der Waals surface area (Å²) in [5.41, 5.74) is 5.62.